The van der Waals surface area contributed by atoms with E-state index in [1.54, 1.807) is 7.11 Å². The number of methoxy groups -OCH3 is 1. The Morgan fingerprint density at radius 1 is 1.39 bits per heavy atom. The number of rotatable bonds is 7. The molecule has 0 N–H and O–H groups in total. The second-order valence-electron chi connectivity index (χ2n) is 5.01. The lowest BCUT2D eigenvalue weighted by Gasteiger charge is -2.23. The second-order valence-corrected chi connectivity index (χ2v) is 5.01. The maximum Gasteiger partial charge on any atom is 0.119 e. The van der Waals surface area contributed by atoms with Crippen molar-refractivity contribution in [1.82, 2.24) is 4.90 Å². The van der Waals surface area contributed by atoms with Gasteiger partial charge in [-0.25, -0.2) is 0 Å². The highest BCUT2D eigenvalue weighted by Crippen LogP contribution is 2.28. The highest BCUT2D eigenvalue weighted by Gasteiger charge is 2.14. The predicted molar refractivity (Wildman–Crippen MR) is 79.0 cm³/mol. The van der Waals surface area contributed by atoms with Crippen LogP contribution in [-0.4, -0.2) is 32.6 Å². The first kappa shape index (κ1) is 14.8. The van der Waals surface area contributed by atoms with E-state index in [-0.39, 0.29) is 0 Å². The summed E-state index contributed by atoms with van der Waals surface area (Å²) in [5.41, 5.74) is 2.40. The van der Waals surface area contributed by atoms with Gasteiger partial charge in [0.05, 0.1) is 7.11 Å². The Balaban J connectivity index is 2.86. The van der Waals surface area contributed by atoms with E-state index in [0.29, 0.717) is 5.92 Å². The normalized spacial score (nSPS) is 12.5. The minimum absolute atomic E-state index is 0.511. The minimum atomic E-state index is 0.511. The molecule has 0 spiro atoms. The van der Waals surface area contributed by atoms with Gasteiger partial charge in [-0.2, -0.15) is 0 Å². The van der Waals surface area contributed by atoms with E-state index in [0.717, 1.165) is 12.3 Å². The van der Waals surface area contributed by atoms with E-state index in [9.17, 15) is 0 Å². The summed E-state index contributed by atoms with van der Waals surface area (Å²) >= 11 is 0. The fourth-order valence-electron chi connectivity index (χ4n) is 2.22. The Morgan fingerprint density at radius 2 is 2.11 bits per heavy atom. The van der Waals surface area contributed by atoms with Gasteiger partial charge in [-0.1, -0.05) is 32.1 Å². The van der Waals surface area contributed by atoms with Crippen molar-refractivity contribution in [3.8, 4) is 5.75 Å². The minimum Gasteiger partial charge on any atom is -0.497 e. The largest absolute Gasteiger partial charge is 0.497 e. The van der Waals surface area contributed by atoms with Crippen LogP contribution >= 0.6 is 0 Å². The first-order chi connectivity index (χ1) is 8.58. The molecule has 18 heavy (non-hydrogen) atoms. The van der Waals surface area contributed by atoms with Gasteiger partial charge in [0.25, 0.3) is 0 Å². The third kappa shape index (κ3) is 4.19. The zero-order chi connectivity index (χ0) is 13.5. The SMILES string of the molecule is C=C(c1cccc(OC)c1)C(CCC)CN(C)C. The lowest BCUT2D eigenvalue weighted by molar-refractivity contribution is 0.353. The number of nitrogens with zero attached hydrogens (tertiary/aromatic N) is 1. The fourth-order valence-corrected chi connectivity index (χ4v) is 2.22. The first-order valence-electron chi connectivity index (χ1n) is 6.56. The highest BCUT2D eigenvalue weighted by atomic mass is 16.5. The van der Waals surface area contributed by atoms with E-state index >= 15 is 0 Å². The van der Waals surface area contributed by atoms with E-state index in [1.165, 1.54) is 24.0 Å². The van der Waals surface area contributed by atoms with Crippen molar-refractivity contribution >= 4 is 5.57 Å². The zero-order valence-electron chi connectivity index (χ0n) is 12.1. The third-order valence-electron chi connectivity index (χ3n) is 3.16. The molecule has 100 valence electrons. The molecule has 0 aliphatic heterocycles. The predicted octanol–water partition coefficient (Wildman–Crippen LogP) is 3.69. The van der Waals surface area contributed by atoms with E-state index in [2.05, 4.69) is 44.6 Å². The van der Waals surface area contributed by atoms with Gasteiger partial charge in [0.2, 0.25) is 0 Å². The summed E-state index contributed by atoms with van der Waals surface area (Å²) < 4.78 is 5.27. The van der Waals surface area contributed by atoms with Gasteiger partial charge in [-0.15, -0.1) is 0 Å². The smallest absolute Gasteiger partial charge is 0.119 e. The summed E-state index contributed by atoms with van der Waals surface area (Å²) in [7, 11) is 5.92. The molecule has 2 nitrogen and oxygen atoms in total. The Labute approximate surface area is 111 Å². The molecule has 1 atom stereocenters. The van der Waals surface area contributed by atoms with Gasteiger partial charge >= 0.3 is 0 Å². The van der Waals surface area contributed by atoms with Crippen molar-refractivity contribution < 1.29 is 4.74 Å². The van der Waals surface area contributed by atoms with Gasteiger partial charge in [0.15, 0.2) is 0 Å². The molecule has 0 aromatic heterocycles. The molecule has 0 amide bonds. The molecule has 0 aliphatic rings. The summed E-state index contributed by atoms with van der Waals surface area (Å²) in [5.74, 6) is 1.41. The van der Waals surface area contributed by atoms with Crippen molar-refractivity contribution in [3.63, 3.8) is 0 Å². The number of ether oxygens (including phenoxy) is 1. The fraction of sp³-hybridized carbons (Fsp3) is 0.500. The van der Waals surface area contributed by atoms with Crippen molar-refractivity contribution in [3.05, 3.63) is 36.4 Å². The molecule has 1 rings (SSSR count). The van der Waals surface area contributed by atoms with Crippen LogP contribution in [0.4, 0.5) is 0 Å². The standard InChI is InChI=1S/C16H25NO/c1-6-8-15(12-17(3)4)13(2)14-9-7-10-16(11-14)18-5/h7,9-11,15H,2,6,8,12H2,1,3-5H3. The van der Waals surface area contributed by atoms with Crippen molar-refractivity contribution in [2.24, 2.45) is 5.92 Å². The van der Waals surface area contributed by atoms with E-state index < -0.39 is 0 Å². The van der Waals surface area contributed by atoms with Crippen LogP contribution in [0, 0.1) is 5.92 Å². The lowest BCUT2D eigenvalue weighted by atomic mass is 9.90. The Bertz CT molecular complexity index is 384. The van der Waals surface area contributed by atoms with Gasteiger partial charge in [-0.05, 0) is 49.7 Å². The van der Waals surface area contributed by atoms with E-state index in [4.69, 9.17) is 4.74 Å². The quantitative estimate of drug-likeness (QED) is 0.728. The van der Waals surface area contributed by atoms with Crippen molar-refractivity contribution in [2.45, 2.75) is 19.8 Å². The molecule has 2 heteroatoms. The zero-order valence-corrected chi connectivity index (χ0v) is 12.1. The van der Waals surface area contributed by atoms with Crippen molar-refractivity contribution in [2.75, 3.05) is 27.7 Å². The molecule has 1 unspecified atom stereocenters. The van der Waals surface area contributed by atoms with Crippen LogP contribution < -0.4 is 4.74 Å². The Hall–Kier alpha value is -1.28. The molecule has 0 aliphatic carbocycles. The van der Waals surface area contributed by atoms with Crippen LogP contribution in [-0.2, 0) is 0 Å². The van der Waals surface area contributed by atoms with Crippen LogP contribution in [0.3, 0.4) is 0 Å². The van der Waals surface area contributed by atoms with Crippen LogP contribution in [0.5, 0.6) is 5.75 Å². The number of benzene rings is 1. The maximum absolute atomic E-state index is 5.27. The molecule has 0 saturated heterocycles. The van der Waals surface area contributed by atoms with Gasteiger partial charge in [0, 0.05) is 6.54 Å². The summed E-state index contributed by atoms with van der Waals surface area (Å²) in [5, 5.41) is 0. The first-order valence-corrected chi connectivity index (χ1v) is 6.56. The lowest BCUT2D eigenvalue weighted by Crippen LogP contribution is -2.22. The van der Waals surface area contributed by atoms with Gasteiger partial charge in [0.1, 0.15) is 5.75 Å². The summed E-state index contributed by atoms with van der Waals surface area (Å²) in [6.07, 6.45) is 2.36. The topological polar surface area (TPSA) is 12.5 Å². The Morgan fingerprint density at radius 3 is 2.67 bits per heavy atom. The van der Waals surface area contributed by atoms with E-state index in [1.807, 2.05) is 12.1 Å². The van der Waals surface area contributed by atoms with Crippen LogP contribution in [0.15, 0.2) is 30.8 Å². The third-order valence-corrected chi connectivity index (χ3v) is 3.16. The van der Waals surface area contributed by atoms with Crippen LogP contribution in [0.1, 0.15) is 25.3 Å². The van der Waals surface area contributed by atoms with Crippen molar-refractivity contribution in [1.29, 1.82) is 0 Å². The Kier molecular flexibility index (Phi) is 5.93. The number of hydrogen-bond acceptors (Lipinski definition) is 2. The molecule has 0 heterocycles. The highest BCUT2D eigenvalue weighted by molar-refractivity contribution is 5.66. The average molecular weight is 247 g/mol. The van der Waals surface area contributed by atoms with Crippen LogP contribution in [0.25, 0.3) is 5.57 Å². The molecular formula is C16H25NO. The summed E-state index contributed by atoms with van der Waals surface area (Å²) in [4.78, 5) is 2.23. The van der Waals surface area contributed by atoms with Gasteiger partial charge < -0.3 is 9.64 Å². The molecule has 0 radical (unpaired) electrons. The molecule has 1 aromatic rings. The average Bonchev–Trinajstić information content (AvgIpc) is 2.37. The maximum atomic E-state index is 5.27. The molecule has 0 bridgehead atoms. The molecule has 0 fully saturated rings. The second kappa shape index (κ2) is 7.22. The molecular weight excluding hydrogens is 222 g/mol. The molecule has 0 saturated carbocycles. The van der Waals surface area contributed by atoms with Crippen LogP contribution in [0.2, 0.25) is 0 Å². The van der Waals surface area contributed by atoms with Gasteiger partial charge in [-0.3, -0.25) is 0 Å². The monoisotopic (exact) mass is 247 g/mol. The number of hydrogen-bond donors (Lipinski definition) is 0. The summed E-state index contributed by atoms with van der Waals surface area (Å²) in [6.45, 7) is 7.56. The molecule has 1 aromatic carbocycles. The summed E-state index contributed by atoms with van der Waals surface area (Å²) in [6, 6.07) is 8.18.